The van der Waals surface area contributed by atoms with Crippen molar-refractivity contribution in [1.29, 1.82) is 0 Å². The smallest absolute Gasteiger partial charge is 0.220 e. The summed E-state index contributed by atoms with van der Waals surface area (Å²) in [6.07, 6.45) is 3.86. The highest BCUT2D eigenvalue weighted by Crippen LogP contribution is 2.05. The van der Waals surface area contributed by atoms with Gasteiger partial charge in [0.25, 0.3) is 0 Å². The number of unbranched alkanes of at least 4 members (excludes halogenated alkanes) is 1. The number of nitrogens with two attached hydrogens (primary N) is 1. The van der Waals surface area contributed by atoms with E-state index in [1.54, 1.807) is 0 Å². The molecule has 0 aromatic carbocycles. The third-order valence-corrected chi connectivity index (χ3v) is 3.03. The summed E-state index contributed by atoms with van der Waals surface area (Å²) in [6, 6.07) is -0.355. The van der Waals surface area contributed by atoms with E-state index >= 15 is 0 Å². The van der Waals surface area contributed by atoms with Gasteiger partial charge in [0.15, 0.2) is 5.78 Å². The molecule has 0 aliphatic rings. The molecule has 0 saturated carbocycles. The molecule has 1 unspecified atom stereocenters. The van der Waals surface area contributed by atoms with Gasteiger partial charge in [0.1, 0.15) is 0 Å². The molecule has 5 heteroatoms. The highest BCUT2D eigenvalue weighted by molar-refractivity contribution is 5.85. The number of nitrogens with one attached hydrogen (secondary N) is 2. The van der Waals surface area contributed by atoms with Gasteiger partial charge >= 0.3 is 0 Å². The molecule has 0 aromatic rings. The molecule has 0 spiro atoms. The van der Waals surface area contributed by atoms with E-state index in [0.29, 0.717) is 19.4 Å². The van der Waals surface area contributed by atoms with Crippen molar-refractivity contribution in [3.05, 3.63) is 0 Å². The SMILES string of the molecule is CNCCCC(=O)NCCCCC(N)C(=O)C(C)C. The first-order chi connectivity index (χ1) is 8.99. The van der Waals surface area contributed by atoms with Crippen LogP contribution in [0, 0.1) is 5.92 Å². The number of carbonyl (C=O) groups excluding carboxylic acids is 2. The van der Waals surface area contributed by atoms with Crippen molar-refractivity contribution in [2.75, 3.05) is 20.1 Å². The van der Waals surface area contributed by atoms with Crippen LogP contribution in [0.4, 0.5) is 0 Å². The van der Waals surface area contributed by atoms with Gasteiger partial charge in [-0.25, -0.2) is 0 Å². The maximum absolute atomic E-state index is 11.6. The molecular formula is C14H29N3O2. The Balaban J connectivity index is 3.49. The average Bonchev–Trinajstić information content (AvgIpc) is 2.37. The third kappa shape index (κ3) is 9.62. The lowest BCUT2D eigenvalue weighted by Crippen LogP contribution is -2.33. The molecule has 0 aromatic heterocycles. The largest absolute Gasteiger partial charge is 0.356 e. The van der Waals surface area contributed by atoms with Crippen LogP contribution < -0.4 is 16.4 Å². The Morgan fingerprint density at radius 1 is 1.11 bits per heavy atom. The molecule has 19 heavy (non-hydrogen) atoms. The van der Waals surface area contributed by atoms with Crippen LogP contribution in [0.25, 0.3) is 0 Å². The second-order valence-corrected chi connectivity index (χ2v) is 5.22. The molecular weight excluding hydrogens is 242 g/mol. The zero-order valence-corrected chi connectivity index (χ0v) is 12.5. The highest BCUT2D eigenvalue weighted by atomic mass is 16.1. The van der Waals surface area contributed by atoms with Crippen LogP contribution in [0.1, 0.15) is 46.0 Å². The van der Waals surface area contributed by atoms with Crippen LogP contribution in [-0.2, 0) is 9.59 Å². The van der Waals surface area contributed by atoms with Gasteiger partial charge in [-0.2, -0.15) is 0 Å². The Morgan fingerprint density at radius 2 is 1.79 bits per heavy atom. The Morgan fingerprint density at radius 3 is 2.37 bits per heavy atom. The van der Waals surface area contributed by atoms with E-state index in [-0.39, 0.29) is 23.7 Å². The van der Waals surface area contributed by atoms with Crippen molar-refractivity contribution in [2.45, 2.75) is 52.0 Å². The molecule has 0 aliphatic carbocycles. The lowest BCUT2D eigenvalue weighted by molar-refractivity contribution is -0.123. The first-order valence-corrected chi connectivity index (χ1v) is 7.19. The van der Waals surface area contributed by atoms with E-state index in [0.717, 1.165) is 25.8 Å². The minimum Gasteiger partial charge on any atom is -0.356 e. The van der Waals surface area contributed by atoms with Gasteiger partial charge in [0, 0.05) is 18.9 Å². The third-order valence-electron chi connectivity index (χ3n) is 3.03. The Hall–Kier alpha value is -0.940. The first kappa shape index (κ1) is 18.1. The van der Waals surface area contributed by atoms with Crippen LogP contribution in [0.5, 0.6) is 0 Å². The highest BCUT2D eigenvalue weighted by Gasteiger charge is 2.15. The molecule has 5 nitrogen and oxygen atoms in total. The molecule has 4 N–H and O–H groups in total. The molecule has 0 bridgehead atoms. The van der Waals surface area contributed by atoms with Crippen molar-refractivity contribution < 1.29 is 9.59 Å². The predicted octanol–water partition coefficient (Wildman–Crippen LogP) is 0.825. The van der Waals surface area contributed by atoms with Crippen LogP contribution in [-0.4, -0.2) is 37.9 Å². The number of hydrogen-bond donors (Lipinski definition) is 3. The molecule has 0 aliphatic heterocycles. The quantitative estimate of drug-likeness (QED) is 0.486. The van der Waals surface area contributed by atoms with Gasteiger partial charge in [-0.05, 0) is 39.3 Å². The van der Waals surface area contributed by atoms with Crippen molar-refractivity contribution >= 4 is 11.7 Å². The monoisotopic (exact) mass is 271 g/mol. The summed E-state index contributed by atoms with van der Waals surface area (Å²) < 4.78 is 0. The van der Waals surface area contributed by atoms with Crippen molar-refractivity contribution in [2.24, 2.45) is 11.7 Å². The summed E-state index contributed by atoms with van der Waals surface area (Å²) >= 11 is 0. The molecule has 0 radical (unpaired) electrons. The van der Waals surface area contributed by atoms with Gasteiger partial charge in [0.05, 0.1) is 6.04 Å². The fraction of sp³-hybridized carbons (Fsp3) is 0.857. The topological polar surface area (TPSA) is 84.2 Å². The fourth-order valence-corrected chi connectivity index (χ4v) is 1.80. The van der Waals surface area contributed by atoms with E-state index in [2.05, 4.69) is 10.6 Å². The number of rotatable bonds is 11. The number of Topliss-reactive ketones (excluding diaryl/α,β-unsaturated/α-hetero) is 1. The minimum absolute atomic E-state index is 0.00174. The molecule has 0 fully saturated rings. The zero-order valence-electron chi connectivity index (χ0n) is 12.5. The van der Waals surface area contributed by atoms with Crippen LogP contribution in [0.2, 0.25) is 0 Å². The van der Waals surface area contributed by atoms with Crippen LogP contribution in [0.3, 0.4) is 0 Å². The van der Waals surface area contributed by atoms with Crippen LogP contribution in [0.15, 0.2) is 0 Å². The predicted molar refractivity (Wildman–Crippen MR) is 77.8 cm³/mol. The average molecular weight is 271 g/mol. The first-order valence-electron chi connectivity index (χ1n) is 7.19. The van der Waals surface area contributed by atoms with Gasteiger partial charge in [-0.1, -0.05) is 13.8 Å². The molecule has 1 amide bonds. The number of carbonyl (C=O) groups is 2. The Kier molecular flexibility index (Phi) is 10.4. The fourth-order valence-electron chi connectivity index (χ4n) is 1.80. The lowest BCUT2D eigenvalue weighted by Gasteiger charge is -2.12. The van der Waals surface area contributed by atoms with Crippen molar-refractivity contribution in [3.8, 4) is 0 Å². The standard InChI is InChI=1S/C14H29N3O2/c1-11(2)14(19)12(15)7-4-5-10-17-13(18)8-6-9-16-3/h11-12,16H,4-10,15H2,1-3H3,(H,17,18). The summed E-state index contributed by atoms with van der Waals surface area (Å²) in [5, 5.41) is 5.88. The van der Waals surface area contributed by atoms with Gasteiger partial charge < -0.3 is 16.4 Å². The molecule has 112 valence electrons. The second kappa shape index (κ2) is 10.9. The number of amides is 1. The Labute approximate surface area is 116 Å². The number of ketones is 1. The summed E-state index contributed by atoms with van der Waals surface area (Å²) in [5.74, 6) is 0.218. The summed E-state index contributed by atoms with van der Waals surface area (Å²) in [6.45, 7) is 5.27. The maximum Gasteiger partial charge on any atom is 0.220 e. The summed E-state index contributed by atoms with van der Waals surface area (Å²) in [4.78, 5) is 23.0. The zero-order chi connectivity index (χ0) is 14.7. The van der Waals surface area contributed by atoms with E-state index < -0.39 is 0 Å². The maximum atomic E-state index is 11.6. The minimum atomic E-state index is -0.355. The number of hydrogen-bond acceptors (Lipinski definition) is 4. The molecule has 0 rings (SSSR count). The van der Waals surface area contributed by atoms with Gasteiger partial charge in [0.2, 0.25) is 5.91 Å². The van der Waals surface area contributed by atoms with Crippen molar-refractivity contribution in [1.82, 2.24) is 10.6 Å². The van der Waals surface area contributed by atoms with E-state index in [9.17, 15) is 9.59 Å². The van der Waals surface area contributed by atoms with Crippen LogP contribution >= 0.6 is 0 Å². The van der Waals surface area contributed by atoms with Gasteiger partial charge in [-0.3, -0.25) is 9.59 Å². The second-order valence-electron chi connectivity index (χ2n) is 5.22. The van der Waals surface area contributed by atoms with E-state index in [1.165, 1.54) is 0 Å². The van der Waals surface area contributed by atoms with E-state index in [4.69, 9.17) is 5.73 Å². The summed E-state index contributed by atoms with van der Waals surface area (Å²) in [5.41, 5.74) is 5.80. The normalized spacial score (nSPS) is 12.5. The van der Waals surface area contributed by atoms with E-state index in [1.807, 2.05) is 20.9 Å². The van der Waals surface area contributed by atoms with Crippen molar-refractivity contribution in [3.63, 3.8) is 0 Å². The molecule has 0 saturated heterocycles. The van der Waals surface area contributed by atoms with Gasteiger partial charge in [-0.15, -0.1) is 0 Å². The summed E-state index contributed by atoms with van der Waals surface area (Å²) in [7, 11) is 1.87. The molecule has 0 heterocycles. The lowest BCUT2D eigenvalue weighted by atomic mass is 9.98. The molecule has 1 atom stereocenters. The Bertz CT molecular complexity index is 267.